The molecule has 82 valence electrons. The predicted molar refractivity (Wildman–Crippen MR) is 58.1 cm³/mol. The Morgan fingerprint density at radius 1 is 1.40 bits per heavy atom. The fraction of sp³-hybridized carbons (Fsp3) is 0.455. The molecule has 1 nitrogen and oxygen atoms in total. The van der Waals surface area contributed by atoms with Gasteiger partial charge >= 0.3 is 0 Å². The van der Waals surface area contributed by atoms with Crippen molar-refractivity contribution in [2.75, 3.05) is 12.8 Å². The normalized spacial score (nSPS) is 20.9. The maximum Gasteiger partial charge on any atom is 0.141 e. The minimum atomic E-state index is -0.357. The van der Waals surface area contributed by atoms with Crippen molar-refractivity contribution in [2.45, 2.75) is 23.8 Å². The molecule has 4 heteroatoms. The number of thioether (sulfide) groups is 1. The van der Waals surface area contributed by atoms with E-state index in [-0.39, 0.29) is 17.7 Å². The summed E-state index contributed by atoms with van der Waals surface area (Å²) in [4.78, 5) is 0.388. The molecule has 0 radical (unpaired) electrons. The summed E-state index contributed by atoms with van der Waals surface area (Å²) in [5.74, 6) is -0.632. The Kier molecular flexibility index (Phi) is 3.26. The Bertz CT molecular complexity index is 362. The molecule has 1 aromatic carbocycles. The maximum atomic E-state index is 13.9. The number of nitrogens with one attached hydrogen (secondary N) is 1. The van der Waals surface area contributed by atoms with E-state index in [1.54, 1.807) is 6.26 Å². The van der Waals surface area contributed by atoms with Crippen LogP contribution in [0.3, 0.4) is 0 Å². The molecule has 1 aliphatic heterocycles. The highest BCUT2D eigenvalue weighted by Gasteiger charge is 2.22. The van der Waals surface area contributed by atoms with Gasteiger partial charge in [-0.3, -0.25) is 0 Å². The van der Waals surface area contributed by atoms with Crippen LogP contribution in [-0.2, 0) is 0 Å². The SMILES string of the molecule is CSc1cc(F)cc(C2CCCN2)c1F. The van der Waals surface area contributed by atoms with Gasteiger partial charge < -0.3 is 5.32 Å². The molecule has 0 bridgehead atoms. The van der Waals surface area contributed by atoms with Crippen molar-refractivity contribution in [2.24, 2.45) is 0 Å². The summed E-state index contributed by atoms with van der Waals surface area (Å²) >= 11 is 1.24. The van der Waals surface area contributed by atoms with Gasteiger partial charge in [0.15, 0.2) is 0 Å². The van der Waals surface area contributed by atoms with Crippen LogP contribution < -0.4 is 5.32 Å². The summed E-state index contributed by atoms with van der Waals surface area (Å²) in [6.45, 7) is 0.884. The molecule has 1 unspecified atom stereocenters. The lowest BCUT2D eigenvalue weighted by Gasteiger charge is -2.13. The van der Waals surface area contributed by atoms with E-state index in [4.69, 9.17) is 0 Å². The third-order valence-electron chi connectivity index (χ3n) is 2.69. The van der Waals surface area contributed by atoms with Gasteiger partial charge in [-0.25, -0.2) is 8.78 Å². The molecule has 0 saturated carbocycles. The van der Waals surface area contributed by atoms with Crippen molar-refractivity contribution in [1.29, 1.82) is 0 Å². The lowest BCUT2D eigenvalue weighted by molar-refractivity contribution is 0.525. The van der Waals surface area contributed by atoms with E-state index in [0.717, 1.165) is 19.4 Å². The number of rotatable bonds is 2. The largest absolute Gasteiger partial charge is 0.310 e. The fourth-order valence-electron chi connectivity index (χ4n) is 1.94. The average Bonchev–Trinajstić information content (AvgIpc) is 2.74. The zero-order valence-electron chi connectivity index (χ0n) is 8.52. The van der Waals surface area contributed by atoms with Gasteiger partial charge in [-0.05, 0) is 37.8 Å². The van der Waals surface area contributed by atoms with Crippen LogP contribution in [0.25, 0.3) is 0 Å². The number of hydrogen-bond donors (Lipinski definition) is 1. The molecule has 1 N–H and O–H groups in total. The second-order valence-electron chi connectivity index (χ2n) is 3.66. The van der Waals surface area contributed by atoms with Crippen LogP contribution in [0.15, 0.2) is 17.0 Å². The van der Waals surface area contributed by atoms with Gasteiger partial charge in [-0.2, -0.15) is 0 Å². The van der Waals surface area contributed by atoms with Crippen molar-refractivity contribution in [3.8, 4) is 0 Å². The Morgan fingerprint density at radius 3 is 2.80 bits per heavy atom. The first-order chi connectivity index (χ1) is 7.22. The van der Waals surface area contributed by atoms with E-state index in [1.165, 1.54) is 23.9 Å². The van der Waals surface area contributed by atoms with Gasteiger partial charge in [-0.1, -0.05) is 0 Å². The highest BCUT2D eigenvalue weighted by Crippen LogP contribution is 2.31. The predicted octanol–water partition coefficient (Wildman–Crippen LogP) is 3.11. The molecular weight excluding hydrogens is 216 g/mol. The van der Waals surface area contributed by atoms with Gasteiger partial charge in [0.1, 0.15) is 11.6 Å². The molecule has 0 aliphatic carbocycles. The average molecular weight is 229 g/mol. The van der Waals surface area contributed by atoms with Crippen LogP contribution in [-0.4, -0.2) is 12.8 Å². The Balaban J connectivity index is 2.40. The Morgan fingerprint density at radius 2 is 2.20 bits per heavy atom. The van der Waals surface area contributed by atoms with Crippen molar-refractivity contribution >= 4 is 11.8 Å². The molecule has 0 aromatic heterocycles. The van der Waals surface area contributed by atoms with Crippen molar-refractivity contribution in [3.63, 3.8) is 0 Å². The highest BCUT2D eigenvalue weighted by molar-refractivity contribution is 7.98. The maximum absolute atomic E-state index is 13.9. The minimum Gasteiger partial charge on any atom is -0.310 e. The van der Waals surface area contributed by atoms with Gasteiger partial charge in [0.05, 0.1) is 0 Å². The lowest BCUT2D eigenvalue weighted by atomic mass is 10.0. The second-order valence-corrected chi connectivity index (χ2v) is 4.51. The molecule has 2 rings (SSSR count). The third kappa shape index (κ3) is 2.16. The molecule has 1 aliphatic rings. The van der Waals surface area contributed by atoms with E-state index in [9.17, 15) is 8.78 Å². The molecule has 0 amide bonds. The van der Waals surface area contributed by atoms with Gasteiger partial charge in [0.2, 0.25) is 0 Å². The van der Waals surface area contributed by atoms with E-state index in [1.807, 2.05) is 0 Å². The molecule has 1 fully saturated rings. The summed E-state index contributed by atoms with van der Waals surface area (Å²) in [5, 5.41) is 3.18. The fourth-order valence-corrected chi connectivity index (χ4v) is 2.46. The van der Waals surface area contributed by atoms with Crippen molar-refractivity contribution < 1.29 is 8.78 Å². The second kappa shape index (κ2) is 4.49. The molecule has 1 saturated heterocycles. The highest BCUT2D eigenvalue weighted by atomic mass is 32.2. The van der Waals surface area contributed by atoms with E-state index in [2.05, 4.69) is 5.32 Å². The number of hydrogen-bond acceptors (Lipinski definition) is 2. The Hall–Kier alpha value is -0.610. The molecular formula is C11H13F2NS. The molecule has 0 spiro atoms. The van der Waals surface area contributed by atoms with Crippen LogP contribution in [0.2, 0.25) is 0 Å². The van der Waals surface area contributed by atoms with Crippen LogP contribution >= 0.6 is 11.8 Å². The smallest absolute Gasteiger partial charge is 0.141 e. The standard InChI is InChI=1S/C11H13F2NS/c1-15-10-6-7(12)5-8(11(10)13)9-3-2-4-14-9/h5-6,9,14H,2-4H2,1H3. The van der Waals surface area contributed by atoms with Gasteiger partial charge in [0, 0.05) is 16.5 Å². The Labute approximate surface area is 92.3 Å². The van der Waals surface area contributed by atoms with Gasteiger partial charge in [0.25, 0.3) is 0 Å². The molecule has 1 heterocycles. The summed E-state index contributed by atoms with van der Waals surface area (Å²) in [6.07, 6.45) is 3.66. The summed E-state index contributed by atoms with van der Waals surface area (Å²) < 4.78 is 27.1. The number of benzene rings is 1. The summed E-state index contributed by atoms with van der Waals surface area (Å²) in [5.41, 5.74) is 0.469. The van der Waals surface area contributed by atoms with Gasteiger partial charge in [-0.15, -0.1) is 11.8 Å². The quantitative estimate of drug-likeness (QED) is 0.782. The number of halogens is 2. The zero-order valence-corrected chi connectivity index (χ0v) is 9.33. The van der Waals surface area contributed by atoms with Crippen LogP contribution in [0.5, 0.6) is 0 Å². The molecule has 1 aromatic rings. The van der Waals surface area contributed by atoms with Crippen LogP contribution in [0.4, 0.5) is 8.78 Å². The zero-order chi connectivity index (χ0) is 10.8. The first kappa shape index (κ1) is 10.9. The van der Waals surface area contributed by atoms with E-state index in [0.29, 0.717) is 10.5 Å². The van der Waals surface area contributed by atoms with Crippen LogP contribution in [0.1, 0.15) is 24.4 Å². The first-order valence-electron chi connectivity index (χ1n) is 4.98. The van der Waals surface area contributed by atoms with Crippen molar-refractivity contribution in [3.05, 3.63) is 29.3 Å². The molecule has 1 atom stereocenters. The van der Waals surface area contributed by atoms with E-state index < -0.39 is 0 Å². The van der Waals surface area contributed by atoms with Crippen molar-refractivity contribution in [1.82, 2.24) is 5.32 Å². The summed E-state index contributed by atoms with van der Waals surface area (Å²) in [6, 6.07) is 2.53. The topological polar surface area (TPSA) is 12.0 Å². The van der Waals surface area contributed by atoms with Crippen LogP contribution in [0, 0.1) is 11.6 Å². The lowest BCUT2D eigenvalue weighted by Crippen LogP contribution is -2.15. The minimum absolute atomic E-state index is 0.0217. The van der Waals surface area contributed by atoms with E-state index >= 15 is 0 Å². The first-order valence-corrected chi connectivity index (χ1v) is 6.21. The third-order valence-corrected chi connectivity index (χ3v) is 3.42. The monoisotopic (exact) mass is 229 g/mol. The molecule has 15 heavy (non-hydrogen) atoms. The summed E-state index contributed by atoms with van der Waals surface area (Å²) in [7, 11) is 0.